The Labute approximate surface area is 113 Å². The summed E-state index contributed by atoms with van der Waals surface area (Å²) in [6.07, 6.45) is 1.69. The van der Waals surface area contributed by atoms with Gasteiger partial charge in [-0.15, -0.1) is 0 Å². The van der Waals surface area contributed by atoms with Crippen LogP contribution in [0.4, 0.5) is 4.39 Å². The predicted molar refractivity (Wildman–Crippen MR) is 76.4 cm³/mol. The van der Waals surface area contributed by atoms with Crippen molar-refractivity contribution < 1.29 is 9.13 Å². The van der Waals surface area contributed by atoms with Crippen molar-refractivity contribution in [3.05, 3.63) is 29.6 Å². The molecule has 0 aromatic heterocycles. The highest BCUT2D eigenvalue weighted by Crippen LogP contribution is 2.24. The maximum atomic E-state index is 13.0. The Morgan fingerprint density at radius 1 is 1.44 bits per heavy atom. The molecule has 2 N–H and O–H groups in total. The van der Waals surface area contributed by atoms with E-state index in [-0.39, 0.29) is 11.2 Å². The first-order valence-corrected chi connectivity index (χ1v) is 6.42. The zero-order valence-electron chi connectivity index (χ0n) is 11.1. The standard InChI is InChI=1S/C14H20FNOS/c1-10-5-6-11(15)9-12(10)17-8-4-7-14(2,3)13(16)18/h5-6,9H,4,7-8H2,1-3H3,(H2,16,18). The molecule has 0 atom stereocenters. The molecule has 2 nitrogen and oxygen atoms in total. The highest BCUT2D eigenvalue weighted by molar-refractivity contribution is 7.80. The topological polar surface area (TPSA) is 35.2 Å². The Morgan fingerprint density at radius 3 is 2.72 bits per heavy atom. The van der Waals surface area contributed by atoms with Crippen molar-refractivity contribution in [2.45, 2.75) is 33.6 Å². The lowest BCUT2D eigenvalue weighted by atomic mass is 9.88. The van der Waals surface area contributed by atoms with E-state index in [0.29, 0.717) is 17.3 Å². The summed E-state index contributed by atoms with van der Waals surface area (Å²) < 4.78 is 18.6. The monoisotopic (exact) mass is 269 g/mol. The largest absolute Gasteiger partial charge is 0.493 e. The van der Waals surface area contributed by atoms with E-state index in [4.69, 9.17) is 22.7 Å². The van der Waals surface area contributed by atoms with Crippen LogP contribution in [0.2, 0.25) is 0 Å². The van der Waals surface area contributed by atoms with Crippen molar-refractivity contribution in [3.63, 3.8) is 0 Å². The number of hydrogen-bond acceptors (Lipinski definition) is 2. The van der Waals surface area contributed by atoms with Crippen molar-refractivity contribution >= 4 is 17.2 Å². The molecule has 1 rings (SSSR count). The molecule has 0 aliphatic carbocycles. The van der Waals surface area contributed by atoms with Crippen molar-refractivity contribution in [2.75, 3.05) is 6.61 Å². The lowest BCUT2D eigenvalue weighted by Crippen LogP contribution is -2.30. The highest BCUT2D eigenvalue weighted by Gasteiger charge is 2.20. The molecule has 1 aromatic carbocycles. The van der Waals surface area contributed by atoms with Gasteiger partial charge in [-0.3, -0.25) is 0 Å². The second-order valence-corrected chi connectivity index (χ2v) is 5.55. The number of ether oxygens (including phenoxy) is 1. The summed E-state index contributed by atoms with van der Waals surface area (Å²) in [7, 11) is 0. The van der Waals surface area contributed by atoms with Crippen LogP contribution in [0.25, 0.3) is 0 Å². The first-order valence-electron chi connectivity index (χ1n) is 6.02. The summed E-state index contributed by atoms with van der Waals surface area (Å²) in [5, 5.41) is 0. The Morgan fingerprint density at radius 2 is 2.11 bits per heavy atom. The van der Waals surface area contributed by atoms with Gasteiger partial charge in [-0.2, -0.15) is 0 Å². The summed E-state index contributed by atoms with van der Waals surface area (Å²) in [6.45, 7) is 6.47. The summed E-state index contributed by atoms with van der Waals surface area (Å²) in [5.41, 5.74) is 6.43. The van der Waals surface area contributed by atoms with E-state index in [1.165, 1.54) is 12.1 Å². The van der Waals surface area contributed by atoms with Crippen LogP contribution in [0.3, 0.4) is 0 Å². The third kappa shape index (κ3) is 4.26. The van der Waals surface area contributed by atoms with E-state index in [1.54, 1.807) is 6.07 Å². The molecule has 0 amide bonds. The fourth-order valence-corrected chi connectivity index (χ4v) is 1.65. The predicted octanol–water partition coefficient (Wildman–Crippen LogP) is 3.61. The molecule has 0 radical (unpaired) electrons. The molecule has 0 heterocycles. The van der Waals surface area contributed by atoms with Crippen molar-refractivity contribution in [1.82, 2.24) is 0 Å². The van der Waals surface area contributed by atoms with Crippen molar-refractivity contribution in [3.8, 4) is 5.75 Å². The Kier molecular flexibility index (Phi) is 5.08. The summed E-state index contributed by atoms with van der Waals surface area (Å²) in [6, 6.07) is 4.55. The van der Waals surface area contributed by atoms with Crippen LogP contribution in [-0.2, 0) is 0 Å². The molecule has 4 heteroatoms. The van der Waals surface area contributed by atoms with Crippen LogP contribution in [0, 0.1) is 18.2 Å². The van der Waals surface area contributed by atoms with Crippen LogP contribution < -0.4 is 10.5 Å². The van der Waals surface area contributed by atoms with Crippen molar-refractivity contribution in [2.24, 2.45) is 11.1 Å². The first kappa shape index (κ1) is 14.9. The Hall–Kier alpha value is -1.16. The van der Waals surface area contributed by atoms with Gasteiger partial charge in [0.15, 0.2) is 0 Å². The molecule has 100 valence electrons. The third-order valence-electron chi connectivity index (χ3n) is 3.02. The van der Waals surface area contributed by atoms with Gasteiger partial charge in [0.1, 0.15) is 11.6 Å². The molecule has 0 fully saturated rings. The van der Waals surface area contributed by atoms with E-state index >= 15 is 0 Å². The number of nitrogens with two attached hydrogens (primary N) is 1. The molecule has 0 saturated heterocycles. The normalized spacial score (nSPS) is 11.3. The average molecular weight is 269 g/mol. The Bertz CT molecular complexity index is 432. The van der Waals surface area contributed by atoms with Gasteiger partial charge >= 0.3 is 0 Å². The van der Waals surface area contributed by atoms with E-state index < -0.39 is 0 Å². The molecule has 18 heavy (non-hydrogen) atoms. The highest BCUT2D eigenvalue weighted by atomic mass is 32.1. The number of rotatable bonds is 6. The van der Waals surface area contributed by atoms with Crippen LogP contribution in [0.5, 0.6) is 5.75 Å². The maximum Gasteiger partial charge on any atom is 0.126 e. The van der Waals surface area contributed by atoms with E-state index in [2.05, 4.69) is 0 Å². The lowest BCUT2D eigenvalue weighted by molar-refractivity contribution is 0.285. The summed E-state index contributed by atoms with van der Waals surface area (Å²) >= 11 is 5.00. The van der Waals surface area contributed by atoms with Crippen LogP contribution in [0.15, 0.2) is 18.2 Å². The number of halogens is 1. The second-order valence-electron chi connectivity index (χ2n) is 5.11. The summed E-state index contributed by atoms with van der Waals surface area (Å²) in [5.74, 6) is 0.321. The number of aryl methyl sites for hydroxylation is 1. The SMILES string of the molecule is Cc1ccc(F)cc1OCCCC(C)(C)C(N)=S. The quantitative estimate of drug-likeness (QED) is 0.633. The molecule has 0 aliphatic rings. The van der Waals surface area contributed by atoms with Crippen LogP contribution in [-0.4, -0.2) is 11.6 Å². The maximum absolute atomic E-state index is 13.0. The first-order chi connectivity index (χ1) is 8.33. The lowest BCUT2D eigenvalue weighted by Gasteiger charge is -2.22. The minimum atomic E-state index is -0.279. The van der Waals surface area contributed by atoms with Crippen molar-refractivity contribution in [1.29, 1.82) is 0 Å². The van der Waals surface area contributed by atoms with Crippen LogP contribution in [0.1, 0.15) is 32.3 Å². The molecule has 0 saturated carbocycles. The molecular weight excluding hydrogens is 249 g/mol. The number of benzene rings is 1. The van der Waals surface area contributed by atoms with Gasteiger partial charge < -0.3 is 10.5 Å². The number of thiocarbonyl (C=S) groups is 1. The van der Waals surface area contributed by atoms with Gasteiger partial charge in [0, 0.05) is 11.5 Å². The minimum Gasteiger partial charge on any atom is -0.493 e. The summed E-state index contributed by atoms with van der Waals surface area (Å²) in [4.78, 5) is 0.518. The van der Waals surface area contributed by atoms with Crippen LogP contribution >= 0.6 is 12.2 Å². The fraction of sp³-hybridized carbons (Fsp3) is 0.500. The van der Waals surface area contributed by atoms with Gasteiger partial charge in [-0.25, -0.2) is 4.39 Å². The Balaban J connectivity index is 2.43. The van der Waals surface area contributed by atoms with Gasteiger partial charge in [0.2, 0.25) is 0 Å². The van der Waals surface area contributed by atoms with Gasteiger partial charge in [-0.05, 0) is 31.4 Å². The molecular formula is C14H20FNOS. The number of hydrogen-bond donors (Lipinski definition) is 1. The molecule has 0 aliphatic heterocycles. The van der Waals surface area contributed by atoms with E-state index in [1.807, 2.05) is 20.8 Å². The third-order valence-corrected chi connectivity index (χ3v) is 3.57. The second kappa shape index (κ2) is 6.14. The minimum absolute atomic E-state index is 0.157. The molecule has 0 spiro atoms. The zero-order valence-corrected chi connectivity index (χ0v) is 11.9. The zero-order chi connectivity index (χ0) is 13.8. The molecule has 0 bridgehead atoms. The van der Waals surface area contributed by atoms with Gasteiger partial charge in [0.25, 0.3) is 0 Å². The average Bonchev–Trinajstić information content (AvgIpc) is 2.28. The smallest absolute Gasteiger partial charge is 0.126 e. The van der Waals surface area contributed by atoms with E-state index in [0.717, 1.165) is 18.4 Å². The van der Waals surface area contributed by atoms with Gasteiger partial charge in [0.05, 0.1) is 11.6 Å². The molecule has 0 unspecified atom stereocenters. The van der Waals surface area contributed by atoms with Gasteiger partial charge in [-0.1, -0.05) is 32.1 Å². The van der Waals surface area contributed by atoms with E-state index in [9.17, 15) is 4.39 Å². The molecule has 1 aromatic rings. The fourth-order valence-electron chi connectivity index (χ4n) is 1.55.